The summed E-state index contributed by atoms with van der Waals surface area (Å²) in [6.07, 6.45) is 6.71. The number of hydrogen-bond acceptors (Lipinski definition) is 6. The van der Waals surface area contributed by atoms with E-state index in [0.29, 0.717) is 30.7 Å². The van der Waals surface area contributed by atoms with Gasteiger partial charge in [0.15, 0.2) is 5.82 Å². The zero-order chi connectivity index (χ0) is 16.9. The number of likely N-dealkylation sites (tertiary alicyclic amines) is 1. The quantitative estimate of drug-likeness (QED) is 0.834. The van der Waals surface area contributed by atoms with Crippen LogP contribution in [0.4, 0.5) is 0 Å². The van der Waals surface area contributed by atoms with Gasteiger partial charge in [0.2, 0.25) is 11.8 Å². The highest BCUT2D eigenvalue weighted by molar-refractivity contribution is 5.78. The molecule has 1 aliphatic rings. The van der Waals surface area contributed by atoms with Crippen LogP contribution in [0.2, 0.25) is 0 Å². The second-order valence-electron chi connectivity index (χ2n) is 6.42. The van der Waals surface area contributed by atoms with Crippen molar-refractivity contribution in [2.45, 2.75) is 45.2 Å². The predicted molar refractivity (Wildman–Crippen MR) is 87.1 cm³/mol. The van der Waals surface area contributed by atoms with E-state index >= 15 is 0 Å². The summed E-state index contributed by atoms with van der Waals surface area (Å²) in [7, 11) is 2.08. The lowest BCUT2D eigenvalue weighted by Crippen LogP contribution is -2.35. The minimum absolute atomic E-state index is 0.175. The van der Waals surface area contributed by atoms with Gasteiger partial charge in [-0.1, -0.05) is 5.16 Å². The molecule has 1 atom stereocenters. The highest BCUT2D eigenvalue weighted by Crippen LogP contribution is 2.18. The van der Waals surface area contributed by atoms with E-state index in [9.17, 15) is 4.79 Å². The Balaban J connectivity index is 1.51. The van der Waals surface area contributed by atoms with Gasteiger partial charge in [-0.15, -0.1) is 0 Å². The molecule has 0 unspecified atom stereocenters. The highest BCUT2D eigenvalue weighted by atomic mass is 16.5. The molecule has 7 heteroatoms. The first-order valence-electron chi connectivity index (χ1n) is 8.40. The van der Waals surface area contributed by atoms with Crippen molar-refractivity contribution in [3.8, 4) is 0 Å². The third-order valence-electron chi connectivity index (χ3n) is 4.57. The standard InChI is InChI=1S/C17H24N4O3/c1-13-18-16(19-24-13)11-20(2)15-4-3-7-21(8-5-15)17(22)10-14-6-9-23-12-14/h6,9,12,15H,3-5,7-8,10-11H2,1-2H3/t15-/m0/s1. The zero-order valence-corrected chi connectivity index (χ0v) is 14.3. The minimum atomic E-state index is 0.175. The van der Waals surface area contributed by atoms with E-state index in [1.165, 1.54) is 0 Å². The Morgan fingerprint density at radius 3 is 3.00 bits per heavy atom. The van der Waals surface area contributed by atoms with Gasteiger partial charge in [-0.2, -0.15) is 4.98 Å². The van der Waals surface area contributed by atoms with Gasteiger partial charge in [-0.25, -0.2) is 0 Å². The van der Waals surface area contributed by atoms with Crippen molar-refractivity contribution >= 4 is 5.91 Å². The summed E-state index contributed by atoms with van der Waals surface area (Å²) in [5, 5.41) is 3.96. The molecular weight excluding hydrogens is 308 g/mol. The summed E-state index contributed by atoms with van der Waals surface area (Å²) in [5.41, 5.74) is 0.936. The molecule has 2 aromatic heterocycles. The van der Waals surface area contributed by atoms with Gasteiger partial charge in [0, 0.05) is 26.1 Å². The van der Waals surface area contributed by atoms with E-state index in [0.717, 1.165) is 37.9 Å². The molecule has 1 saturated heterocycles. The van der Waals surface area contributed by atoms with E-state index in [1.807, 2.05) is 11.0 Å². The van der Waals surface area contributed by atoms with Crippen LogP contribution < -0.4 is 0 Å². The lowest BCUT2D eigenvalue weighted by Gasteiger charge is -2.26. The second kappa shape index (κ2) is 7.61. The van der Waals surface area contributed by atoms with Crippen molar-refractivity contribution in [2.24, 2.45) is 0 Å². The predicted octanol–water partition coefficient (Wildman–Crippen LogP) is 2.03. The number of aryl methyl sites for hydroxylation is 1. The fraction of sp³-hybridized carbons (Fsp3) is 0.588. The maximum atomic E-state index is 12.4. The second-order valence-corrected chi connectivity index (χ2v) is 6.42. The first kappa shape index (κ1) is 16.7. The third-order valence-corrected chi connectivity index (χ3v) is 4.57. The van der Waals surface area contributed by atoms with Crippen LogP contribution in [0.5, 0.6) is 0 Å². The van der Waals surface area contributed by atoms with E-state index in [2.05, 4.69) is 22.1 Å². The van der Waals surface area contributed by atoms with Gasteiger partial charge in [-0.05, 0) is 37.9 Å². The lowest BCUT2D eigenvalue weighted by atomic mass is 10.1. The van der Waals surface area contributed by atoms with Crippen molar-refractivity contribution in [3.63, 3.8) is 0 Å². The van der Waals surface area contributed by atoms with Crippen LogP contribution in [-0.4, -0.2) is 52.0 Å². The van der Waals surface area contributed by atoms with Gasteiger partial charge < -0.3 is 13.8 Å². The number of aromatic nitrogens is 2. The van der Waals surface area contributed by atoms with Crippen LogP contribution >= 0.6 is 0 Å². The molecule has 0 saturated carbocycles. The minimum Gasteiger partial charge on any atom is -0.472 e. The normalized spacial score (nSPS) is 18.8. The van der Waals surface area contributed by atoms with Gasteiger partial charge in [-0.3, -0.25) is 9.69 Å². The Bertz CT molecular complexity index is 653. The zero-order valence-electron chi connectivity index (χ0n) is 14.3. The van der Waals surface area contributed by atoms with Crippen LogP contribution in [0.15, 0.2) is 27.5 Å². The first-order chi connectivity index (χ1) is 11.6. The largest absolute Gasteiger partial charge is 0.472 e. The fourth-order valence-electron chi connectivity index (χ4n) is 3.21. The third kappa shape index (κ3) is 4.23. The van der Waals surface area contributed by atoms with E-state index < -0.39 is 0 Å². The van der Waals surface area contributed by atoms with Crippen LogP contribution in [0.1, 0.15) is 36.5 Å². The molecule has 0 radical (unpaired) electrons. The molecule has 130 valence electrons. The smallest absolute Gasteiger partial charge is 0.227 e. The molecule has 1 aliphatic heterocycles. The molecule has 0 spiro atoms. The Hall–Kier alpha value is -2.15. The van der Waals surface area contributed by atoms with Gasteiger partial charge in [0.25, 0.3) is 0 Å². The molecule has 2 aromatic rings. The van der Waals surface area contributed by atoms with E-state index in [1.54, 1.807) is 19.5 Å². The lowest BCUT2D eigenvalue weighted by molar-refractivity contribution is -0.130. The number of amides is 1. The number of rotatable bonds is 5. The summed E-state index contributed by atoms with van der Waals surface area (Å²) in [4.78, 5) is 20.9. The molecule has 1 amide bonds. The number of furan rings is 1. The fourth-order valence-corrected chi connectivity index (χ4v) is 3.21. The average molecular weight is 332 g/mol. The Kier molecular flexibility index (Phi) is 5.30. The van der Waals surface area contributed by atoms with Crippen LogP contribution in [-0.2, 0) is 17.8 Å². The summed E-state index contributed by atoms with van der Waals surface area (Å²) < 4.78 is 10.1. The average Bonchev–Trinajstić information content (AvgIpc) is 3.12. The maximum absolute atomic E-state index is 12.4. The SMILES string of the molecule is Cc1nc(CN(C)[C@H]2CCCN(C(=O)Cc3ccoc3)CC2)no1. The van der Waals surface area contributed by atoms with Crippen molar-refractivity contribution < 1.29 is 13.7 Å². The molecule has 0 aliphatic carbocycles. The number of carbonyl (C=O) groups excluding carboxylic acids is 1. The molecule has 24 heavy (non-hydrogen) atoms. The Labute approximate surface area is 141 Å². The molecule has 3 rings (SSSR count). The van der Waals surface area contributed by atoms with Gasteiger partial charge >= 0.3 is 0 Å². The first-order valence-corrected chi connectivity index (χ1v) is 8.40. The summed E-state index contributed by atoms with van der Waals surface area (Å²) in [5.74, 6) is 1.48. The van der Waals surface area contributed by atoms with Crippen molar-refractivity contribution in [1.29, 1.82) is 0 Å². The molecule has 3 heterocycles. The Morgan fingerprint density at radius 1 is 1.42 bits per heavy atom. The number of carbonyl (C=O) groups is 1. The van der Waals surface area contributed by atoms with Crippen LogP contribution in [0, 0.1) is 6.92 Å². The molecule has 0 N–H and O–H groups in total. The van der Waals surface area contributed by atoms with Crippen molar-refractivity contribution in [1.82, 2.24) is 19.9 Å². The Morgan fingerprint density at radius 2 is 2.29 bits per heavy atom. The topological polar surface area (TPSA) is 75.6 Å². The summed E-state index contributed by atoms with van der Waals surface area (Å²) >= 11 is 0. The van der Waals surface area contributed by atoms with Crippen molar-refractivity contribution in [2.75, 3.05) is 20.1 Å². The number of nitrogens with zero attached hydrogens (tertiary/aromatic N) is 4. The van der Waals surface area contributed by atoms with E-state index in [4.69, 9.17) is 8.94 Å². The van der Waals surface area contributed by atoms with Crippen LogP contribution in [0.25, 0.3) is 0 Å². The maximum Gasteiger partial charge on any atom is 0.227 e. The molecule has 0 bridgehead atoms. The molecule has 0 aromatic carbocycles. The summed E-state index contributed by atoms with van der Waals surface area (Å²) in [6.45, 7) is 4.08. The summed E-state index contributed by atoms with van der Waals surface area (Å²) in [6, 6.07) is 2.27. The molecular formula is C17H24N4O3. The van der Waals surface area contributed by atoms with Crippen LogP contribution in [0.3, 0.4) is 0 Å². The molecule has 7 nitrogen and oxygen atoms in total. The van der Waals surface area contributed by atoms with Gasteiger partial charge in [0.1, 0.15) is 0 Å². The molecule has 1 fully saturated rings. The van der Waals surface area contributed by atoms with Gasteiger partial charge in [0.05, 0.1) is 25.5 Å². The van der Waals surface area contributed by atoms with Crippen molar-refractivity contribution in [3.05, 3.63) is 35.9 Å². The highest BCUT2D eigenvalue weighted by Gasteiger charge is 2.24. The van der Waals surface area contributed by atoms with E-state index in [-0.39, 0.29) is 5.91 Å². The number of hydrogen-bond donors (Lipinski definition) is 0. The monoisotopic (exact) mass is 332 g/mol.